The fraction of sp³-hybridized carbons (Fsp3) is 0.462. The van der Waals surface area contributed by atoms with E-state index in [1.54, 1.807) is 36.7 Å². The summed E-state index contributed by atoms with van der Waals surface area (Å²) < 4.78 is 0. The molecule has 0 saturated heterocycles. The van der Waals surface area contributed by atoms with Crippen molar-refractivity contribution >= 4 is 93.0 Å². The molecule has 32 heteroatoms. The maximum Gasteiger partial charge on any atom is 0.326 e. The van der Waals surface area contributed by atoms with Crippen LogP contribution in [0.2, 0.25) is 0 Å². The van der Waals surface area contributed by atoms with E-state index < -0.39 is 83.7 Å². The van der Waals surface area contributed by atoms with Crippen LogP contribution in [-0.4, -0.2) is 161 Å². The summed E-state index contributed by atoms with van der Waals surface area (Å²) in [5.74, 6) is -7.97. The van der Waals surface area contributed by atoms with E-state index in [9.17, 15) is 29.1 Å². The number of hydrogen-bond donors (Lipinski definition) is 25. The number of carbonyl (C=O) groups is 7. The highest BCUT2D eigenvalue weighted by Crippen LogP contribution is 2.22. The second kappa shape index (κ2) is 34.4. The molecule has 6 amide bonds. The van der Waals surface area contributed by atoms with Gasteiger partial charge in [0.05, 0.1) is 6.04 Å². The molecule has 0 fully saturated rings. The van der Waals surface area contributed by atoms with E-state index in [0.29, 0.717) is 28.5 Å². The highest BCUT2D eigenvalue weighted by Gasteiger charge is 2.35. The summed E-state index contributed by atoms with van der Waals surface area (Å²) in [7, 11) is 0. The minimum absolute atomic E-state index is 0.00717. The fourth-order valence-electron chi connectivity index (χ4n) is 8.96. The third-order valence-electron chi connectivity index (χ3n) is 13.3. The van der Waals surface area contributed by atoms with Crippen LogP contribution in [0.4, 0.5) is 0 Å². The van der Waals surface area contributed by atoms with E-state index in [1.807, 2.05) is 24.3 Å². The second-order valence-corrected chi connectivity index (χ2v) is 19.9. The monoisotopic (exact) mass is 1170 g/mol. The number of fused-ring (bicyclic) bond motifs is 2. The Morgan fingerprint density at radius 1 is 0.405 bits per heavy atom. The van der Waals surface area contributed by atoms with E-state index >= 15 is 9.59 Å². The number of carboxylic acid groups (broad SMARTS) is 1. The Morgan fingerprint density at radius 3 is 1.01 bits per heavy atom. The minimum Gasteiger partial charge on any atom is -0.480 e. The van der Waals surface area contributed by atoms with Crippen molar-refractivity contribution in [1.82, 2.24) is 68.5 Å². The molecule has 4 aromatic rings. The number of H-pyrrole nitrogens is 2. The molecule has 0 spiro atoms. The SMILES string of the molecule is N=C(N)NCCC[C@H](NC(=O)[C@H](CCCNC(=N)N)NC(=O)[C@H](CCCNC(=N)N)NC(=O)[C@H](Cc1c[nH]c2ccccc12)NC(=O)[C@H](Cc1c[nH]c2ccccc12)NC(=O)[C@H](CCCNC(=N)N)NC(=O)[C@@H](N)CCCNC(=N)N)C(=O)O. The van der Waals surface area contributed by atoms with Crippen molar-refractivity contribution in [1.29, 1.82) is 27.0 Å². The maximum atomic E-state index is 15.1. The molecule has 0 saturated carbocycles. The molecule has 2 aromatic carbocycles. The van der Waals surface area contributed by atoms with Crippen LogP contribution in [0.5, 0.6) is 0 Å². The average molecular weight is 1170 g/mol. The number of aromatic amines is 2. The van der Waals surface area contributed by atoms with E-state index in [4.69, 9.17) is 61.4 Å². The lowest BCUT2D eigenvalue weighted by atomic mass is 10.00. The zero-order valence-corrected chi connectivity index (χ0v) is 46.6. The van der Waals surface area contributed by atoms with Crippen LogP contribution in [0.1, 0.15) is 75.3 Å². The first-order valence-corrected chi connectivity index (χ1v) is 27.3. The summed E-state index contributed by atoms with van der Waals surface area (Å²) in [5.41, 5.74) is 36.1. The Kier molecular flexibility index (Phi) is 27.3. The van der Waals surface area contributed by atoms with Gasteiger partial charge in [-0.1, -0.05) is 36.4 Å². The Balaban J connectivity index is 1.73. The number of guanidine groups is 5. The Labute approximate surface area is 484 Å². The van der Waals surface area contributed by atoms with Crippen molar-refractivity contribution in [2.75, 3.05) is 32.7 Å². The molecule has 7 atom stereocenters. The smallest absolute Gasteiger partial charge is 0.326 e. The molecule has 0 bridgehead atoms. The van der Waals surface area contributed by atoms with E-state index in [-0.39, 0.29) is 133 Å². The normalized spacial score (nSPS) is 13.4. The molecule has 2 aromatic heterocycles. The van der Waals surface area contributed by atoms with Gasteiger partial charge in [-0.15, -0.1) is 0 Å². The van der Waals surface area contributed by atoms with Crippen LogP contribution in [0, 0.1) is 27.0 Å². The highest BCUT2D eigenvalue weighted by molar-refractivity contribution is 5.98. The molecule has 2 heterocycles. The standard InChI is InChI=1S/C52H82N24O8/c53-32(12-5-19-64-48(54)55)41(77)71-35(15-6-20-65-49(56)57)44(80)75-40(25-29-27-70-34-14-4-2-11-31(29)34)46(82)76-39(24-28-26-69-33-13-3-1-10-30(28)33)45(81)73-36(16-7-21-66-50(58)59)42(78)72-37(17-8-22-67-51(60)61)43(79)74-38(47(83)84)18-9-23-68-52(62)63/h1-4,10-11,13-14,26-27,32,35-40,69-70H,5-9,12,15-25,53H2,(H,71,77)(H,72,78)(H,73,81)(H,74,79)(H,75,80)(H,76,82)(H,83,84)(H4,54,55,64)(H4,56,57,65)(H4,58,59,66)(H4,60,61,67)(H4,62,63,68)/t32-,35-,36-,37-,38-,39-,40-/m0/s1. The summed E-state index contributed by atoms with van der Waals surface area (Å²) in [4.78, 5) is 105. The molecular formula is C52H82N24O8. The van der Waals surface area contributed by atoms with Gasteiger partial charge in [-0.3, -0.25) is 55.8 Å². The molecule has 458 valence electrons. The van der Waals surface area contributed by atoms with Gasteiger partial charge in [0, 0.05) is 79.8 Å². The van der Waals surface area contributed by atoms with Gasteiger partial charge in [0.2, 0.25) is 35.4 Å². The topological polar surface area (TPSA) is 579 Å². The third-order valence-corrected chi connectivity index (χ3v) is 13.3. The van der Waals surface area contributed by atoms with Gasteiger partial charge in [-0.2, -0.15) is 0 Å². The second-order valence-electron chi connectivity index (χ2n) is 19.9. The number of carboxylic acids is 1. The Morgan fingerprint density at radius 2 is 0.679 bits per heavy atom. The van der Waals surface area contributed by atoms with Gasteiger partial charge >= 0.3 is 5.97 Å². The van der Waals surface area contributed by atoms with Crippen LogP contribution in [0.3, 0.4) is 0 Å². The number of amides is 6. The summed E-state index contributed by atoms with van der Waals surface area (Å²) in [6, 6.07) is 4.87. The summed E-state index contributed by atoms with van der Waals surface area (Å²) >= 11 is 0. The lowest BCUT2D eigenvalue weighted by molar-refractivity contribution is -0.142. The number of carbonyl (C=O) groups excluding carboxylic acids is 6. The molecule has 32 nitrogen and oxygen atoms in total. The first kappa shape index (κ1) is 66.6. The number of aliphatic carboxylic acids is 1. The highest BCUT2D eigenvalue weighted by atomic mass is 16.4. The molecule has 0 aliphatic heterocycles. The zero-order chi connectivity index (χ0) is 61.7. The van der Waals surface area contributed by atoms with Crippen LogP contribution < -0.4 is 92.9 Å². The van der Waals surface area contributed by atoms with Gasteiger partial charge in [0.1, 0.15) is 36.3 Å². The van der Waals surface area contributed by atoms with Gasteiger partial charge in [-0.05, 0) is 87.5 Å². The van der Waals surface area contributed by atoms with Crippen molar-refractivity contribution < 1.29 is 38.7 Å². The molecule has 0 aliphatic carbocycles. The van der Waals surface area contributed by atoms with Crippen molar-refractivity contribution in [2.45, 2.75) is 119 Å². The number of hydrogen-bond acceptors (Lipinski definition) is 13. The number of nitrogens with two attached hydrogens (primary N) is 6. The van der Waals surface area contributed by atoms with Crippen molar-refractivity contribution in [3.8, 4) is 0 Å². The molecular weight excluding hydrogens is 1090 g/mol. The molecule has 4 rings (SSSR count). The van der Waals surface area contributed by atoms with Gasteiger partial charge in [0.25, 0.3) is 0 Å². The number of para-hydroxylation sites is 2. The number of benzene rings is 2. The lowest BCUT2D eigenvalue weighted by Crippen LogP contribution is -2.60. The molecule has 84 heavy (non-hydrogen) atoms. The minimum atomic E-state index is -1.49. The van der Waals surface area contributed by atoms with E-state index in [2.05, 4.69) is 68.5 Å². The van der Waals surface area contributed by atoms with Crippen molar-refractivity contribution in [2.24, 2.45) is 34.4 Å². The van der Waals surface area contributed by atoms with Crippen molar-refractivity contribution in [3.63, 3.8) is 0 Å². The summed E-state index contributed by atoms with van der Waals surface area (Å²) in [5, 5.41) is 78.3. The number of nitrogens with one attached hydrogen (secondary N) is 18. The van der Waals surface area contributed by atoms with Gasteiger partial charge in [0.15, 0.2) is 29.8 Å². The first-order valence-electron chi connectivity index (χ1n) is 27.3. The quantitative estimate of drug-likeness (QED) is 0.0116. The van der Waals surface area contributed by atoms with Gasteiger partial charge < -0.3 is 108 Å². The van der Waals surface area contributed by atoms with Crippen LogP contribution in [0.25, 0.3) is 21.8 Å². The number of aromatic nitrogens is 2. The summed E-state index contributed by atoms with van der Waals surface area (Å²) in [6.45, 7) is 0.698. The predicted octanol–water partition coefficient (Wildman–Crippen LogP) is -3.93. The first-order chi connectivity index (χ1) is 40.0. The van der Waals surface area contributed by atoms with Crippen LogP contribution in [-0.2, 0) is 46.4 Å². The van der Waals surface area contributed by atoms with Crippen molar-refractivity contribution in [3.05, 3.63) is 72.1 Å². The summed E-state index contributed by atoms with van der Waals surface area (Å²) in [6.07, 6.45) is 3.88. The van der Waals surface area contributed by atoms with E-state index in [1.165, 1.54) is 0 Å². The molecule has 31 N–H and O–H groups in total. The molecule has 0 radical (unpaired) electrons. The third kappa shape index (κ3) is 23.3. The molecule has 0 unspecified atom stereocenters. The zero-order valence-electron chi connectivity index (χ0n) is 46.6. The Bertz CT molecular complexity index is 2930. The van der Waals surface area contributed by atoms with Crippen LogP contribution in [0.15, 0.2) is 60.9 Å². The maximum absolute atomic E-state index is 15.1. The van der Waals surface area contributed by atoms with Gasteiger partial charge in [-0.25, -0.2) is 4.79 Å². The Hall–Kier alpha value is -9.88. The molecule has 0 aliphatic rings. The predicted molar refractivity (Wildman–Crippen MR) is 317 cm³/mol. The average Bonchev–Trinajstić information content (AvgIpc) is 3.58. The lowest BCUT2D eigenvalue weighted by Gasteiger charge is -2.28. The van der Waals surface area contributed by atoms with Crippen LogP contribution >= 0.6 is 0 Å². The van der Waals surface area contributed by atoms with E-state index in [0.717, 1.165) is 10.9 Å². The fourth-order valence-corrected chi connectivity index (χ4v) is 8.96. The number of rotatable bonds is 37. The largest absolute Gasteiger partial charge is 0.480 e.